The number of fused-ring (bicyclic) bond motifs is 2. The number of pyridine rings is 1. The van der Waals surface area contributed by atoms with Crippen LogP contribution in [0.1, 0.15) is 12.8 Å². The highest BCUT2D eigenvalue weighted by atomic mass is 19.1. The molecule has 0 unspecified atom stereocenters. The molecule has 1 N–H and O–H groups in total. The van der Waals surface area contributed by atoms with Crippen molar-refractivity contribution in [3.05, 3.63) is 95.5 Å². The summed E-state index contributed by atoms with van der Waals surface area (Å²) in [6.07, 6.45) is 3.34. The minimum absolute atomic E-state index is 0.112. The molecule has 2 aromatic carbocycles. The Hall–Kier alpha value is -4.81. The molecule has 1 aromatic heterocycles. The molecule has 9 heteroatoms. The number of nitrogens with zero attached hydrogens (tertiary/aromatic N) is 5. The second kappa shape index (κ2) is 10.5. The van der Waals surface area contributed by atoms with Gasteiger partial charge in [-0.2, -0.15) is 0 Å². The van der Waals surface area contributed by atoms with E-state index >= 15 is 0 Å². The molecule has 0 radical (unpaired) electrons. The lowest BCUT2D eigenvalue weighted by Crippen LogP contribution is -2.23. The van der Waals surface area contributed by atoms with Gasteiger partial charge in [0.05, 0.1) is 53.2 Å². The molecule has 8 nitrogen and oxygen atoms in total. The van der Waals surface area contributed by atoms with Gasteiger partial charge in [-0.05, 0) is 73.5 Å². The van der Waals surface area contributed by atoms with Gasteiger partial charge >= 0.3 is 0 Å². The number of methoxy groups -OCH3 is 1. The maximum absolute atomic E-state index is 13.9. The van der Waals surface area contributed by atoms with E-state index in [4.69, 9.17) is 26.0 Å². The highest BCUT2D eigenvalue weighted by Gasteiger charge is 2.19. The van der Waals surface area contributed by atoms with Crippen molar-refractivity contribution in [2.24, 2.45) is 4.99 Å². The van der Waals surface area contributed by atoms with Crippen molar-refractivity contribution in [3.63, 3.8) is 0 Å². The normalized spacial score (nSPS) is 14.4. The predicted molar refractivity (Wildman–Crippen MR) is 147 cm³/mol. The van der Waals surface area contributed by atoms with Gasteiger partial charge in [0, 0.05) is 25.1 Å². The standard InChI is InChI=1S/C30H25FN6O2/c1-32-21-7-10-28-26(16-21)36-27-17-24(35-23-4-3-13-33-30(23)38-2)25(34-20-11-14-39-15-12-20)18-29(27)37(28)22-8-5-19(31)6-9-22/h3-10,13,16-18,20,35H,11-12,14-15H2,2H3. The van der Waals surface area contributed by atoms with E-state index in [0.29, 0.717) is 41.7 Å². The van der Waals surface area contributed by atoms with E-state index in [9.17, 15) is 4.39 Å². The van der Waals surface area contributed by atoms with Gasteiger partial charge in [-0.25, -0.2) is 19.2 Å². The average Bonchev–Trinajstić information content (AvgIpc) is 2.97. The summed E-state index contributed by atoms with van der Waals surface area (Å²) in [4.78, 5) is 18.0. The van der Waals surface area contributed by atoms with Crippen LogP contribution < -0.4 is 15.4 Å². The molecule has 0 atom stereocenters. The molecule has 0 bridgehead atoms. The molecule has 0 spiro atoms. The van der Waals surface area contributed by atoms with E-state index in [1.54, 1.807) is 37.6 Å². The molecule has 2 aliphatic heterocycles. The lowest BCUT2D eigenvalue weighted by atomic mass is 10.1. The van der Waals surface area contributed by atoms with Crippen LogP contribution in [0.4, 0.5) is 21.5 Å². The minimum atomic E-state index is -0.315. The Kier molecular flexibility index (Phi) is 6.61. The van der Waals surface area contributed by atoms with Crippen molar-refractivity contribution >= 4 is 28.1 Å². The molecular formula is C30H25FN6O2. The first-order valence-corrected chi connectivity index (χ1v) is 12.6. The van der Waals surface area contributed by atoms with Crippen molar-refractivity contribution in [3.8, 4) is 23.0 Å². The van der Waals surface area contributed by atoms with Gasteiger partial charge in [-0.15, -0.1) is 0 Å². The summed E-state index contributed by atoms with van der Waals surface area (Å²) in [5.74, 6) is 0.147. The number of ether oxygens (including phenoxy) is 2. The summed E-state index contributed by atoms with van der Waals surface area (Å²) >= 11 is 0. The number of anilines is 2. The average molecular weight is 521 g/mol. The Morgan fingerprint density at radius 3 is 2.67 bits per heavy atom. The number of benzene rings is 3. The van der Waals surface area contributed by atoms with Crippen molar-refractivity contribution in [2.75, 3.05) is 25.6 Å². The van der Waals surface area contributed by atoms with Crippen molar-refractivity contribution < 1.29 is 13.9 Å². The largest absolute Gasteiger partial charge is 0.480 e. The van der Waals surface area contributed by atoms with Crippen LogP contribution in [0, 0.1) is 12.4 Å². The molecule has 194 valence electrons. The summed E-state index contributed by atoms with van der Waals surface area (Å²) in [5.41, 5.74) is 5.65. The van der Waals surface area contributed by atoms with Crippen LogP contribution in [-0.2, 0) is 4.74 Å². The third kappa shape index (κ3) is 4.90. The Morgan fingerprint density at radius 1 is 1.08 bits per heavy atom. The molecule has 1 aliphatic carbocycles. The number of halogens is 1. The van der Waals surface area contributed by atoms with Crippen LogP contribution in [0.2, 0.25) is 0 Å². The fourth-order valence-electron chi connectivity index (χ4n) is 4.83. The second-order valence-corrected chi connectivity index (χ2v) is 9.22. The van der Waals surface area contributed by atoms with Gasteiger partial charge in [0.25, 0.3) is 0 Å². The minimum Gasteiger partial charge on any atom is -0.480 e. The molecule has 3 aromatic rings. The topological polar surface area (TPSA) is 77.9 Å². The number of hydrogen-bond acceptors (Lipinski definition) is 6. The second-order valence-electron chi connectivity index (χ2n) is 9.22. The number of aromatic nitrogens is 3. The Balaban J connectivity index is 1.64. The third-order valence-corrected chi connectivity index (χ3v) is 6.73. The first-order valence-electron chi connectivity index (χ1n) is 12.6. The van der Waals surface area contributed by atoms with Crippen LogP contribution in [0.5, 0.6) is 5.88 Å². The Labute approximate surface area is 224 Å². The first-order chi connectivity index (χ1) is 19.1. The van der Waals surface area contributed by atoms with Crippen LogP contribution in [0.3, 0.4) is 0 Å². The first kappa shape index (κ1) is 24.5. The summed E-state index contributed by atoms with van der Waals surface area (Å²) in [7, 11) is 1.58. The lowest BCUT2D eigenvalue weighted by Gasteiger charge is -2.22. The van der Waals surface area contributed by atoms with E-state index in [1.807, 2.05) is 34.9 Å². The van der Waals surface area contributed by atoms with Gasteiger partial charge in [0.15, 0.2) is 5.69 Å². The van der Waals surface area contributed by atoms with Crippen LogP contribution in [0.15, 0.2) is 77.9 Å². The smallest absolute Gasteiger partial charge is 0.237 e. The van der Waals surface area contributed by atoms with Crippen LogP contribution >= 0.6 is 0 Å². The fraction of sp³-hybridized carbons (Fsp3) is 0.200. The van der Waals surface area contributed by atoms with Gasteiger partial charge in [-0.3, -0.25) is 4.99 Å². The van der Waals surface area contributed by atoms with E-state index in [1.165, 1.54) is 12.1 Å². The molecule has 3 aliphatic rings. The maximum atomic E-state index is 13.9. The zero-order chi connectivity index (χ0) is 26.8. The number of nitrogens with one attached hydrogen (secondary N) is 1. The molecule has 1 fully saturated rings. The summed E-state index contributed by atoms with van der Waals surface area (Å²) in [5, 5.41) is 4.21. The molecule has 6 rings (SSSR count). The zero-order valence-electron chi connectivity index (χ0n) is 21.3. The van der Waals surface area contributed by atoms with Crippen LogP contribution in [-0.4, -0.2) is 40.9 Å². The highest BCUT2D eigenvalue weighted by molar-refractivity contribution is 5.86. The molecule has 39 heavy (non-hydrogen) atoms. The summed E-state index contributed by atoms with van der Waals surface area (Å²) in [6, 6.07) is 19.5. The van der Waals surface area contributed by atoms with Gasteiger partial charge < -0.3 is 19.4 Å². The Morgan fingerprint density at radius 2 is 1.90 bits per heavy atom. The van der Waals surface area contributed by atoms with Gasteiger partial charge in [-0.1, -0.05) is 6.07 Å². The van der Waals surface area contributed by atoms with E-state index < -0.39 is 0 Å². The van der Waals surface area contributed by atoms with E-state index in [-0.39, 0.29) is 11.9 Å². The SMILES string of the molecule is [C-]#[N+]c1ccc2c(c1)nc1cc(Nc3cccnc3OC)c(=NC3CCOCC3)cc-1n2-c1ccc(F)cc1. The van der Waals surface area contributed by atoms with E-state index in [0.717, 1.165) is 40.8 Å². The van der Waals surface area contributed by atoms with E-state index in [2.05, 4.69) is 15.1 Å². The highest BCUT2D eigenvalue weighted by Crippen LogP contribution is 2.33. The third-order valence-electron chi connectivity index (χ3n) is 6.73. The van der Waals surface area contributed by atoms with Crippen molar-refractivity contribution in [1.82, 2.24) is 14.5 Å². The maximum Gasteiger partial charge on any atom is 0.237 e. The quantitative estimate of drug-likeness (QED) is 0.226. The Bertz CT molecular complexity index is 1740. The zero-order valence-corrected chi connectivity index (χ0v) is 21.3. The lowest BCUT2D eigenvalue weighted by molar-refractivity contribution is 0.0864. The monoisotopic (exact) mass is 520 g/mol. The van der Waals surface area contributed by atoms with Gasteiger partial charge in [0.1, 0.15) is 11.5 Å². The number of hydrogen-bond donors (Lipinski definition) is 1. The fourth-order valence-corrected chi connectivity index (χ4v) is 4.83. The number of rotatable bonds is 5. The summed E-state index contributed by atoms with van der Waals surface area (Å²) < 4.78 is 26.9. The van der Waals surface area contributed by atoms with Crippen molar-refractivity contribution in [1.29, 1.82) is 0 Å². The molecular weight excluding hydrogens is 495 g/mol. The van der Waals surface area contributed by atoms with Crippen LogP contribution in [0.25, 0.3) is 33.0 Å². The van der Waals surface area contributed by atoms with Gasteiger partial charge in [0.2, 0.25) is 5.88 Å². The molecule has 0 amide bonds. The molecule has 3 heterocycles. The predicted octanol–water partition coefficient (Wildman–Crippen LogP) is 6.05. The van der Waals surface area contributed by atoms with Crippen molar-refractivity contribution in [2.45, 2.75) is 18.9 Å². The molecule has 0 saturated carbocycles. The summed E-state index contributed by atoms with van der Waals surface area (Å²) in [6.45, 7) is 8.82. The molecule has 1 saturated heterocycles.